The predicted molar refractivity (Wildman–Crippen MR) is 92.7 cm³/mol. The molecule has 3 N–H and O–H groups in total. The van der Waals surface area contributed by atoms with Crippen LogP contribution in [0.25, 0.3) is 0 Å². The van der Waals surface area contributed by atoms with Gasteiger partial charge in [0.1, 0.15) is 0 Å². The number of carbonyl (C=O) groups is 2. The Morgan fingerprint density at radius 3 is 2.20 bits per heavy atom. The summed E-state index contributed by atoms with van der Waals surface area (Å²) >= 11 is 0. The highest BCUT2D eigenvalue weighted by Crippen LogP contribution is 2.26. The van der Waals surface area contributed by atoms with Crippen molar-refractivity contribution in [1.82, 2.24) is 10.0 Å². The first kappa shape index (κ1) is 19.4. The molecule has 0 aromatic heterocycles. The van der Waals surface area contributed by atoms with E-state index in [1.807, 2.05) is 0 Å². The average Bonchev–Trinajstić information content (AvgIpc) is 2.93. The van der Waals surface area contributed by atoms with Gasteiger partial charge in [0.15, 0.2) is 0 Å². The van der Waals surface area contributed by atoms with Crippen LogP contribution in [0.2, 0.25) is 0 Å². The molecule has 1 aromatic carbocycles. The summed E-state index contributed by atoms with van der Waals surface area (Å²) in [7, 11) is -3.65. The summed E-state index contributed by atoms with van der Waals surface area (Å²) in [6, 6.07) is 5.52. The number of carboxylic acid groups (broad SMARTS) is 1. The van der Waals surface area contributed by atoms with Crippen molar-refractivity contribution in [3.63, 3.8) is 0 Å². The predicted octanol–water partition coefficient (Wildman–Crippen LogP) is 1.75. The van der Waals surface area contributed by atoms with Crippen molar-refractivity contribution in [1.29, 1.82) is 0 Å². The zero-order valence-corrected chi connectivity index (χ0v) is 15.4. The Morgan fingerprint density at radius 1 is 1.12 bits per heavy atom. The fourth-order valence-corrected chi connectivity index (χ4v) is 4.27. The highest BCUT2D eigenvalue weighted by atomic mass is 32.2. The van der Waals surface area contributed by atoms with Gasteiger partial charge in [-0.25, -0.2) is 13.1 Å². The fraction of sp³-hybridized carbons (Fsp3) is 0.529. The Bertz CT molecular complexity index is 750. The molecule has 25 heavy (non-hydrogen) atoms. The lowest BCUT2D eigenvalue weighted by molar-refractivity contribution is -0.141. The van der Waals surface area contributed by atoms with Crippen LogP contribution in [0.1, 0.15) is 50.4 Å². The second kappa shape index (κ2) is 7.13. The first-order valence-corrected chi connectivity index (χ1v) is 9.64. The Labute approximate surface area is 147 Å². The molecule has 0 unspecified atom stereocenters. The minimum Gasteiger partial charge on any atom is -0.481 e. The zero-order valence-electron chi connectivity index (χ0n) is 14.6. The van der Waals surface area contributed by atoms with Gasteiger partial charge in [0.2, 0.25) is 10.0 Å². The molecule has 0 aliphatic heterocycles. The van der Waals surface area contributed by atoms with Crippen LogP contribution in [-0.4, -0.2) is 37.0 Å². The summed E-state index contributed by atoms with van der Waals surface area (Å²) in [6.07, 6.45) is 1.60. The van der Waals surface area contributed by atoms with E-state index in [-0.39, 0.29) is 16.8 Å². The minimum absolute atomic E-state index is 0.0887. The first-order valence-electron chi connectivity index (χ1n) is 8.16. The highest BCUT2D eigenvalue weighted by Gasteiger charge is 2.30. The summed E-state index contributed by atoms with van der Waals surface area (Å²) in [5.41, 5.74) is -0.258. The number of carbonyl (C=O) groups excluding carboxylic acids is 1. The molecule has 0 bridgehead atoms. The third-order valence-corrected chi connectivity index (χ3v) is 5.76. The van der Waals surface area contributed by atoms with Gasteiger partial charge in [-0.1, -0.05) is 0 Å². The number of carboxylic acids is 1. The lowest BCUT2D eigenvalue weighted by Gasteiger charge is -2.20. The van der Waals surface area contributed by atoms with E-state index in [1.165, 1.54) is 24.3 Å². The average molecular weight is 368 g/mol. The molecule has 0 radical (unpaired) electrons. The van der Waals surface area contributed by atoms with E-state index in [0.29, 0.717) is 24.8 Å². The van der Waals surface area contributed by atoms with Crippen molar-refractivity contribution < 1.29 is 23.1 Å². The molecule has 2 atom stereocenters. The Hall–Kier alpha value is -1.93. The van der Waals surface area contributed by atoms with E-state index in [0.717, 1.165) is 0 Å². The van der Waals surface area contributed by atoms with Crippen molar-refractivity contribution in [2.45, 2.75) is 56.5 Å². The molecule has 1 amide bonds. The van der Waals surface area contributed by atoms with E-state index in [1.54, 1.807) is 20.8 Å². The molecule has 1 saturated carbocycles. The van der Waals surface area contributed by atoms with Crippen LogP contribution in [0, 0.1) is 5.92 Å². The maximum absolute atomic E-state index is 12.2. The molecule has 2 rings (SSSR count). The van der Waals surface area contributed by atoms with Crippen molar-refractivity contribution in [3.8, 4) is 0 Å². The van der Waals surface area contributed by atoms with Crippen molar-refractivity contribution in [2.24, 2.45) is 5.92 Å². The van der Waals surface area contributed by atoms with Gasteiger partial charge in [-0.05, 0) is 64.3 Å². The normalized spacial score (nSPS) is 21.1. The van der Waals surface area contributed by atoms with Crippen molar-refractivity contribution >= 4 is 21.9 Å². The van der Waals surface area contributed by atoms with E-state index in [9.17, 15) is 18.0 Å². The third kappa shape index (κ3) is 5.27. The fourth-order valence-electron chi connectivity index (χ4n) is 2.85. The quantitative estimate of drug-likeness (QED) is 0.733. The van der Waals surface area contributed by atoms with Crippen LogP contribution in [0.4, 0.5) is 0 Å². The van der Waals surface area contributed by atoms with Gasteiger partial charge in [-0.15, -0.1) is 0 Å². The summed E-state index contributed by atoms with van der Waals surface area (Å²) < 4.78 is 27.0. The first-order chi connectivity index (χ1) is 11.5. The lowest BCUT2D eigenvalue weighted by Crippen LogP contribution is -2.40. The molecular formula is C17H24N2O5S. The molecule has 1 aliphatic carbocycles. The second-order valence-corrected chi connectivity index (χ2v) is 9.08. The van der Waals surface area contributed by atoms with E-state index in [4.69, 9.17) is 5.11 Å². The number of rotatable bonds is 5. The standard InChI is InChI=1S/C17H24N2O5S/c1-17(2,3)19-25(23,24)14-8-5-11(6-9-14)15(20)18-13-7-4-12(10-13)16(21)22/h5-6,8-9,12-13,19H,4,7,10H2,1-3H3,(H,18,20)(H,21,22)/t12-,13+/m1/s1. The van der Waals surface area contributed by atoms with Crippen LogP contribution in [-0.2, 0) is 14.8 Å². The zero-order chi connectivity index (χ0) is 18.8. The molecule has 8 heteroatoms. The molecule has 0 saturated heterocycles. The van der Waals surface area contributed by atoms with Gasteiger partial charge in [0.05, 0.1) is 10.8 Å². The Morgan fingerprint density at radius 2 is 1.72 bits per heavy atom. The van der Waals surface area contributed by atoms with Crippen LogP contribution in [0.5, 0.6) is 0 Å². The summed E-state index contributed by atoms with van der Waals surface area (Å²) in [5, 5.41) is 11.8. The lowest BCUT2D eigenvalue weighted by atomic mass is 10.1. The number of hydrogen-bond acceptors (Lipinski definition) is 4. The Balaban J connectivity index is 2.02. The number of aliphatic carboxylic acids is 1. The third-order valence-electron chi connectivity index (χ3n) is 3.98. The van der Waals surface area contributed by atoms with Gasteiger partial charge in [0.25, 0.3) is 5.91 Å². The van der Waals surface area contributed by atoms with Gasteiger partial charge < -0.3 is 10.4 Å². The molecule has 0 heterocycles. The number of benzene rings is 1. The summed E-state index contributed by atoms with van der Waals surface area (Å²) in [5.74, 6) is -1.58. The number of sulfonamides is 1. The van der Waals surface area contributed by atoms with E-state index < -0.39 is 27.4 Å². The number of amides is 1. The molecule has 1 aliphatic rings. The second-order valence-electron chi connectivity index (χ2n) is 7.40. The molecule has 1 aromatic rings. The van der Waals surface area contributed by atoms with E-state index >= 15 is 0 Å². The largest absolute Gasteiger partial charge is 0.481 e. The van der Waals surface area contributed by atoms with Gasteiger partial charge in [-0.2, -0.15) is 0 Å². The van der Waals surface area contributed by atoms with Crippen molar-refractivity contribution in [2.75, 3.05) is 0 Å². The number of nitrogens with one attached hydrogen (secondary N) is 2. The smallest absolute Gasteiger partial charge is 0.306 e. The molecule has 0 spiro atoms. The van der Waals surface area contributed by atoms with Crippen LogP contribution >= 0.6 is 0 Å². The van der Waals surface area contributed by atoms with Crippen molar-refractivity contribution in [3.05, 3.63) is 29.8 Å². The van der Waals surface area contributed by atoms with Gasteiger partial charge in [0, 0.05) is 17.1 Å². The summed E-state index contributed by atoms with van der Waals surface area (Å²) in [6.45, 7) is 5.25. The van der Waals surface area contributed by atoms with Gasteiger partial charge in [-0.3, -0.25) is 9.59 Å². The van der Waals surface area contributed by atoms with Crippen LogP contribution in [0.3, 0.4) is 0 Å². The Kier molecular flexibility index (Phi) is 5.53. The molecule has 7 nitrogen and oxygen atoms in total. The summed E-state index contributed by atoms with van der Waals surface area (Å²) in [4.78, 5) is 23.3. The van der Waals surface area contributed by atoms with Crippen LogP contribution in [0.15, 0.2) is 29.2 Å². The molecule has 1 fully saturated rings. The topological polar surface area (TPSA) is 113 Å². The SMILES string of the molecule is CC(C)(C)NS(=O)(=O)c1ccc(C(=O)N[C@H]2CC[C@@H](C(=O)O)C2)cc1. The molecular weight excluding hydrogens is 344 g/mol. The van der Waals surface area contributed by atoms with E-state index in [2.05, 4.69) is 10.0 Å². The number of hydrogen-bond donors (Lipinski definition) is 3. The highest BCUT2D eigenvalue weighted by molar-refractivity contribution is 7.89. The van der Waals surface area contributed by atoms with Crippen LogP contribution < -0.4 is 10.0 Å². The van der Waals surface area contributed by atoms with Gasteiger partial charge >= 0.3 is 5.97 Å². The maximum Gasteiger partial charge on any atom is 0.306 e. The molecule has 138 valence electrons. The maximum atomic E-state index is 12.2. The minimum atomic E-state index is -3.65. The monoisotopic (exact) mass is 368 g/mol.